The van der Waals surface area contributed by atoms with Gasteiger partial charge in [0, 0.05) is 16.9 Å². The Balaban J connectivity index is 1.50. The number of anilines is 2. The molecule has 0 saturated carbocycles. The minimum atomic E-state index is -0.169. The maximum atomic E-state index is 12.9. The van der Waals surface area contributed by atoms with Crippen LogP contribution in [0.5, 0.6) is 0 Å². The molecule has 2 heterocycles. The first kappa shape index (κ1) is 19.1. The molecule has 29 heavy (non-hydrogen) atoms. The van der Waals surface area contributed by atoms with Crippen molar-refractivity contribution in [3.8, 4) is 11.1 Å². The molecule has 2 aromatic carbocycles. The summed E-state index contributed by atoms with van der Waals surface area (Å²) in [6.07, 6.45) is 0. The van der Waals surface area contributed by atoms with Crippen LogP contribution in [0.15, 0.2) is 77.5 Å². The van der Waals surface area contributed by atoms with Crippen LogP contribution in [-0.4, -0.2) is 11.8 Å². The molecule has 2 aromatic heterocycles. The minimum Gasteiger partial charge on any atom is -0.321 e. The Morgan fingerprint density at radius 2 is 1.48 bits per heavy atom. The number of hydrogen-bond acceptors (Lipinski definition) is 4. The topological polar surface area (TPSA) is 58.2 Å². The van der Waals surface area contributed by atoms with Crippen molar-refractivity contribution in [2.75, 3.05) is 10.6 Å². The van der Waals surface area contributed by atoms with Crippen LogP contribution in [0, 0.1) is 6.92 Å². The Labute approximate surface area is 176 Å². The van der Waals surface area contributed by atoms with Crippen LogP contribution in [0.1, 0.15) is 24.9 Å². The lowest BCUT2D eigenvalue weighted by Crippen LogP contribution is -2.13. The Morgan fingerprint density at radius 1 is 0.759 bits per heavy atom. The standard InChI is InChI=1S/C23H18N2O2S2/c1-15-7-9-16(10-8-15)19-11-13-29-21(19)23(27)25-18-5-2-4-17(14-18)24-22(26)20-6-3-12-28-20/h2-14H,1H3,(H,24,26)(H,25,27). The maximum absolute atomic E-state index is 12.9. The lowest BCUT2D eigenvalue weighted by Gasteiger charge is -2.09. The van der Waals surface area contributed by atoms with Gasteiger partial charge in [0.15, 0.2) is 0 Å². The molecule has 0 aliphatic rings. The normalized spacial score (nSPS) is 10.5. The zero-order chi connectivity index (χ0) is 20.2. The third kappa shape index (κ3) is 4.45. The number of amides is 2. The monoisotopic (exact) mass is 418 g/mol. The van der Waals surface area contributed by atoms with Gasteiger partial charge in [-0.05, 0) is 53.6 Å². The van der Waals surface area contributed by atoms with Crippen molar-refractivity contribution in [1.82, 2.24) is 0 Å². The second-order valence-electron chi connectivity index (χ2n) is 6.50. The van der Waals surface area contributed by atoms with Crippen molar-refractivity contribution in [3.05, 3.63) is 92.8 Å². The first-order valence-corrected chi connectivity index (χ1v) is 10.8. The summed E-state index contributed by atoms with van der Waals surface area (Å²) in [6.45, 7) is 2.04. The molecule has 0 bridgehead atoms. The fourth-order valence-corrected chi connectivity index (χ4v) is 4.34. The third-order valence-electron chi connectivity index (χ3n) is 4.36. The third-order valence-corrected chi connectivity index (χ3v) is 6.14. The Hall–Kier alpha value is -3.22. The number of hydrogen-bond donors (Lipinski definition) is 2. The minimum absolute atomic E-state index is 0.164. The van der Waals surface area contributed by atoms with Gasteiger partial charge < -0.3 is 10.6 Å². The lowest BCUT2D eigenvalue weighted by atomic mass is 10.0. The van der Waals surface area contributed by atoms with E-state index in [1.54, 1.807) is 30.3 Å². The molecule has 2 amide bonds. The van der Waals surface area contributed by atoms with E-state index >= 15 is 0 Å². The van der Waals surface area contributed by atoms with Gasteiger partial charge >= 0.3 is 0 Å². The van der Waals surface area contributed by atoms with E-state index < -0.39 is 0 Å². The summed E-state index contributed by atoms with van der Waals surface area (Å²) in [5.41, 5.74) is 4.36. The molecular formula is C23H18N2O2S2. The van der Waals surface area contributed by atoms with E-state index in [1.165, 1.54) is 28.2 Å². The van der Waals surface area contributed by atoms with Crippen LogP contribution >= 0.6 is 22.7 Å². The Bertz CT molecular complexity index is 1150. The van der Waals surface area contributed by atoms with Crippen LogP contribution in [0.2, 0.25) is 0 Å². The molecule has 144 valence electrons. The molecule has 6 heteroatoms. The van der Waals surface area contributed by atoms with Crippen molar-refractivity contribution >= 4 is 45.9 Å². The van der Waals surface area contributed by atoms with Gasteiger partial charge in [-0.3, -0.25) is 9.59 Å². The summed E-state index contributed by atoms with van der Waals surface area (Å²) < 4.78 is 0. The van der Waals surface area contributed by atoms with E-state index in [0.29, 0.717) is 21.1 Å². The van der Waals surface area contributed by atoms with Gasteiger partial charge in [-0.25, -0.2) is 0 Å². The lowest BCUT2D eigenvalue weighted by molar-refractivity contribution is 0.102. The fraction of sp³-hybridized carbons (Fsp3) is 0.0435. The van der Waals surface area contributed by atoms with Gasteiger partial charge in [-0.2, -0.15) is 0 Å². The van der Waals surface area contributed by atoms with Crippen LogP contribution in [0.3, 0.4) is 0 Å². The van der Waals surface area contributed by atoms with Crippen molar-refractivity contribution in [2.45, 2.75) is 6.92 Å². The zero-order valence-corrected chi connectivity index (χ0v) is 17.3. The average Bonchev–Trinajstić information content (AvgIpc) is 3.41. The highest BCUT2D eigenvalue weighted by Gasteiger charge is 2.15. The van der Waals surface area contributed by atoms with E-state index in [2.05, 4.69) is 10.6 Å². The first-order valence-electron chi connectivity index (χ1n) is 9.01. The van der Waals surface area contributed by atoms with E-state index in [4.69, 9.17) is 0 Å². The molecule has 2 N–H and O–H groups in total. The molecule has 0 atom stereocenters. The molecule has 0 fully saturated rings. The van der Waals surface area contributed by atoms with Crippen molar-refractivity contribution in [1.29, 1.82) is 0 Å². The molecule has 0 radical (unpaired) electrons. The van der Waals surface area contributed by atoms with Crippen LogP contribution in [-0.2, 0) is 0 Å². The van der Waals surface area contributed by atoms with E-state index in [0.717, 1.165) is 11.1 Å². The second-order valence-corrected chi connectivity index (χ2v) is 8.36. The van der Waals surface area contributed by atoms with Crippen LogP contribution < -0.4 is 10.6 Å². The highest BCUT2D eigenvalue weighted by molar-refractivity contribution is 7.12. The van der Waals surface area contributed by atoms with Crippen molar-refractivity contribution < 1.29 is 9.59 Å². The number of nitrogens with one attached hydrogen (secondary N) is 2. The van der Waals surface area contributed by atoms with Gasteiger partial charge in [0.05, 0.1) is 9.75 Å². The predicted octanol–water partition coefficient (Wildman–Crippen LogP) is 6.29. The summed E-state index contributed by atoms with van der Waals surface area (Å²) in [7, 11) is 0. The van der Waals surface area contributed by atoms with Gasteiger partial charge in [0.25, 0.3) is 11.8 Å². The highest BCUT2D eigenvalue weighted by atomic mass is 32.1. The van der Waals surface area contributed by atoms with Gasteiger partial charge in [-0.1, -0.05) is 42.0 Å². The largest absolute Gasteiger partial charge is 0.321 e. The number of rotatable bonds is 5. The number of thiophene rings is 2. The molecule has 0 spiro atoms. The van der Waals surface area contributed by atoms with E-state index in [1.807, 2.05) is 54.1 Å². The second kappa shape index (κ2) is 8.43. The molecule has 0 unspecified atom stereocenters. The summed E-state index contributed by atoms with van der Waals surface area (Å²) in [5.74, 6) is -0.333. The number of benzene rings is 2. The van der Waals surface area contributed by atoms with Gasteiger partial charge in [0.1, 0.15) is 0 Å². The maximum Gasteiger partial charge on any atom is 0.266 e. The quantitative estimate of drug-likeness (QED) is 0.400. The molecule has 4 nitrogen and oxygen atoms in total. The van der Waals surface area contributed by atoms with Gasteiger partial charge in [0.2, 0.25) is 0 Å². The predicted molar refractivity (Wildman–Crippen MR) is 121 cm³/mol. The molecule has 0 saturated heterocycles. The number of carbonyl (C=O) groups is 2. The first-order chi connectivity index (χ1) is 14.1. The molecule has 4 aromatic rings. The Kier molecular flexibility index (Phi) is 5.55. The summed E-state index contributed by atoms with van der Waals surface area (Å²) in [6, 6.07) is 20.8. The van der Waals surface area contributed by atoms with E-state index in [-0.39, 0.29) is 11.8 Å². The SMILES string of the molecule is Cc1ccc(-c2ccsc2C(=O)Nc2cccc(NC(=O)c3cccs3)c2)cc1. The smallest absolute Gasteiger partial charge is 0.266 e. The zero-order valence-electron chi connectivity index (χ0n) is 15.6. The molecular weight excluding hydrogens is 400 g/mol. The molecule has 0 aliphatic carbocycles. The molecule has 0 aliphatic heterocycles. The van der Waals surface area contributed by atoms with E-state index in [9.17, 15) is 9.59 Å². The number of carbonyl (C=O) groups excluding carboxylic acids is 2. The number of aryl methyl sites for hydroxylation is 1. The summed E-state index contributed by atoms with van der Waals surface area (Å²) >= 11 is 2.79. The van der Waals surface area contributed by atoms with Crippen LogP contribution in [0.4, 0.5) is 11.4 Å². The van der Waals surface area contributed by atoms with Crippen LogP contribution in [0.25, 0.3) is 11.1 Å². The Morgan fingerprint density at radius 3 is 2.17 bits per heavy atom. The summed E-state index contributed by atoms with van der Waals surface area (Å²) in [4.78, 5) is 26.4. The van der Waals surface area contributed by atoms with Crippen molar-refractivity contribution in [3.63, 3.8) is 0 Å². The van der Waals surface area contributed by atoms with Gasteiger partial charge in [-0.15, -0.1) is 22.7 Å². The molecule has 4 rings (SSSR count). The van der Waals surface area contributed by atoms with Crippen molar-refractivity contribution in [2.24, 2.45) is 0 Å². The summed E-state index contributed by atoms with van der Waals surface area (Å²) in [5, 5.41) is 9.57. The highest BCUT2D eigenvalue weighted by Crippen LogP contribution is 2.29. The fourth-order valence-electron chi connectivity index (χ4n) is 2.91. The average molecular weight is 419 g/mol.